The lowest BCUT2D eigenvalue weighted by Gasteiger charge is -2.40. The molecule has 1 saturated heterocycles. The Kier molecular flexibility index (Phi) is 4.81. The predicted molar refractivity (Wildman–Crippen MR) is 69.5 cm³/mol. The van der Waals surface area contributed by atoms with Gasteiger partial charge in [-0.15, -0.1) is 0 Å². The molecule has 0 aromatic heterocycles. The molecule has 0 amide bonds. The van der Waals surface area contributed by atoms with Gasteiger partial charge in [0.2, 0.25) is 0 Å². The molecule has 1 unspecified atom stereocenters. The van der Waals surface area contributed by atoms with Gasteiger partial charge in [-0.25, -0.2) is 0 Å². The highest BCUT2D eigenvalue weighted by atomic mass is 16.3. The van der Waals surface area contributed by atoms with Crippen molar-refractivity contribution in [2.24, 2.45) is 17.3 Å². The zero-order valence-corrected chi connectivity index (χ0v) is 11.7. The maximum Gasteiger partial charge on any atom is 0.0628 e. The number of piperidine rings is 1. The fourth-order valence-electron chi connectivity index (χ4n) is 2.74. The third-order valence-electron chi connectivity index (χ3n) is 3.50. The molecule has 2 heteroatoms. The van der Waals surface area contributed by atoms with Crippen LogP contribution in [0.25, 0.3) is 0 Å². The van der Waals surface area contributed by atoms with E-state index >= 15 is 0 Å². The third kappa shape index (κ3) is 4.06. The standard InChI is InChI=1S/C14H29NO/c1-11(2)9-15-8-6-7-12(10-15)13(16)14(3,4)5/h11-13,16H,6-10H2,1-5H3/t12?,13-/m1/s1. The highest BCUT2D eigenvalue weighted by Gasteiger charge is 2.33. The Morgan fingerprint density at radius 1 is 1.31 bits per heavy atom. The fraction of sp³-hybridized carbons (Fsp3) is 1.00. The van der Waals surface area contributed by atoms with E-state index in [-0.39, 0.29) is 11.5 Å². The number of aliphatic hydroxyl groups excluding tert-OH is 1. The Morgan fingerprint density at radius 3 is 2.44 bits per heavy atom. The number of hydrogen-bond acceptors (Lipinski definition) is 2. The molecule has 2 atom stereocenters. The fourth-order valence-corrected chi connectivity index (χ4v) is 2.74. The van der Waals surface area contributed by atoms with Gasteiger partial charge >= 0.3 is 0 Å². The summed E-state index contributed by atoms with van der Waals surface area (Å²) >= 11 is 0. The average molecular weight is 227 g/mol. The molecule has 1 aliphatic heterocycles. The van der Waals surface area contributed by atoms with Gasteiger partial charge in [-0.3, -0.25) is 0 Å². The van der Waals surface area contributed by atoms with Crippen LogP contribution in [0.1, 0.15) is 47.5 Å². The number of hydrogen-bond donors (Lipinski definition) is 1. The van der Waals surface area contributed by atoms with Crippen LogP contribution < -0.4 is 0 Å². The molecule has 0 bridgehead atoms. The lowest BCUT2D eigenvalue weighted by atomic mass is 9.78. The van der Waals surface area contributed by atoms with Crippen LogP contribution in [0.5, 0.6) is 0 Å². The Balaban J connectivity index is 2.50. The number of rotatable bonds is 3. The van der Waals surface area contributed by atoms with Crippen LogP contribution in [-0.2, 0) is 0 Å². The van der Waals surface area contributed by atoms with E-state index in [1.165, 1.54) is 25.9 Å². The summed E-state index contributed by atoms with van der Waals surface area (Å²) in [6.07, 6.45) is 2.26. The smallest absolute Gasteiger partial charge is 0.0628 e. The topological polar surface area (TPSA) is 23.5 Å². The molecule has 0 saturated carbocycles. The second-order valence-corrected chi connectivity index (χ2v) is 6.87. The third-order valence-corrected chi connectivity index (χ3v) is 3.50. The van der Waals surface area contributed by atoms with Gasteiger partial charge in [0.05, 0.1) is 6.10 Å². The maximum atomic E-state index is 10.3. The van der Waals surface area contributed by atoms with Gasteiger partial charge in [0, 0.05) is 13.1 Å². The number of aliphatic hydroxyl groups is 1. The lowest BCUT2D eigenvalue weighted by Crippen LogP contribution is -2.45. The molecule has 16 heavy (non-hydrogen) atoms. The molecule has 1 N–H and O–H groups in total. The maximum absolute atomic E-state index is 10.3. The Labute approximate surface area is 101 Å². The first-order valence-electron chi connectivity index (χ1n) is 6.71. The molecule has 2 nitrogen and oxygen atoms in total. The van der Waals surface area contributed by atoms with E-state index in [9.17, 15) is 5.11 Å². The van der Waals surface area contributed by atoms with E-state index in [0.717, 1.165) is 12.5 Å². The first-order chi connectivity index (χ1) is 7.30. The van der Waals surface area contributed by atoms with Crippen molar-refractivity contribution in [3.8, 4) is 0 Å². The summed E-state index contributed by atoms with van der Waals surface area (Å²) in [6, 6.07) is 0. The Hall–Kier alpha value is -0.0800. The van der Waals surface area contributed by atoms with Crippen LogP contribution in [0.15, 0.2) is 0 Å². The molecule has 96 valence electrons. The quantitative estimate of drug-likeness (QED) is 0.801. The van der Waals surface area contributed by atoms with Crippen LogP contribution in [-0.4, -0.2) is 35.7 Å². The van der Waals surface area contributed by atoms with Crippen molar-refractivity contribution >= 4 is 0 Å². The second-order valence-electron chi connectivity index (χ2n) is 6.87. The summed E-state index contributed by atoms with van der Waals surface area (Å²) in [5.41, 5.74) is 0.0194. The summed E-state index contributed by atoms with van der Waals surface area (Å²) < 4.78 is 0. The van der Waals surface area contributed by atoms with Gasteiger partial charge < -0.3 is 10.0 Å². The molecule has 0 aromatic carbocycles. The van der Waals surface area contributed by atoms with E-state index in [0.29, 0.717) is 5.92 Å². The summed E-state index contributed by atoms with van der Waals surface area (Å²) in [7, 11) is 0. The van der Waals surface area contributed by atoms with Crippen molar-refractivity contribution in [1.82, 2.24) is 4.90 Å². The minimum atomic E-state index is -0.164. The van der Waals surface area contributed by atoms with E-state index in [2.05, 4.69) is 39.5 Å². The minimum absolute atomic E-state index is 0.0194. The lowest BCUT2D eigenvalue weighted by molar-refractivity contribution is -0.0198. The van der Waals surface area contributed by atoms with Crippen LogP contribution >= 0.6 is 0 Å². The Morgan fingerprint density at radius 2 is 1.94 bits per heavy atom. The van der Waals surface area contributed by atoms with E-state index in [1.807, 2.05) is 0 Å². The van der Waals surface area contributed by atoms with E-state index < -0.39 is 0 Å². The van der Waals surface area contributed by atoms with Crippen molar-refractivity contribution in [1.29, 1.82) is 0 Å². The SMILES string of the molecule is CC(C)CN1CCCC([C@@H](O)C(C)(C)C)C1. The molecule has 0 aliphatic carbocycles. The highest BCUT2D eigenvalue weighted by Crippen LogP contribution is 2.30. The molecule has 1 fully saturated rings. The molecular weight excluding hydrogens is 198 g/mol. The molecule has 0 aromatic rings. The summed E-state index contributed by atoms with van der Waals surface area (Å²) in [5.74, 6) is 1.19. The molecule has 1 rings (SSSR count). The van der Waals surface area contributed by atoms with Gasteiger partial charge in [-0.1, -0.05) is 34.6 Å². The monoisotopic (exact) mass is 227 g/mol. The van der Waals surface area contributed by atoms with E-state index in [4.69, 9.17) is 0 Å². The second kappa shape index (κ2) is 5.50. The van der Waals surface area contributed by atoms with E-state index in [1.54, 1.807) is 0 Å². The zero-order chi connectivity index (χ0) is 12.3. The average Bonchev–Trinajstić information content (AvgIpc) is 2.14. The van der Waals surface area contributed by atoms with Crippen molar-refractivity contribution in [3.63, 3.8) is 0 Å². The number of nitrogens with zero attached hydrogens (tertiary/aromatic N) is 1. The van der Waals surface area contributed by atoms with Crippen LogP contribution in [0.4, 0.5) is 0 Å². The van der Waals surface area contributed by atoms with Crippen molar-refractivity contribution in [2.75, 3.05) is 19.6 Å². The van der Waals surface area contributed by atoms with Gasteiger partial charge in [-0.2, -0.15) is 0 Å². The largest absolute Gasteiger partial charge is 0.392 e. The normalized spacial score (nSPS) is 26.1. The van der Waals surface area contributed by atoms with Crippen molar-refractivity contribution < 1.29 is 5.11 Å². The molecule has 1 heterocycles. The van der Waals surface area contributed by atoms with Gasteiger partial charge in [0.15, 0.2) is 0 Å². The van der Waals surface area contributed by atoms with Crippen molar-refractivity contribution in [2.45, 2.75) is 53.6 Å². The van der Waals surface area contributed by atoms with Crippen LogP contribution in [0, 0.1) is 17.3 Å². The first kappa shape index (κ1) is 14.0. The van der Waals surface area contributed by atoms with Gasteiger partial charge in [0.25, 0.3) is 0 Å². The van der Waals surface area contributed by atoms with Crippen LogP contribution in [0.3, 0.4) is 0 Å². The van der Waals surface area contributed by atoms with Crippen molar-refractivity contribution in [3.05, 3.63) is 0 Å². The zero-order valence-electron chi connectivity index (χ0n) is 11.7. The van der Waals surface area contributed by atoms with Gasteiger partial charge in [-0.05, 0) is 36.6 Å². The van der Waals surface area contributed by atoms with Gasteiger partial charge in [0.1, 0.15) is 0 Å². The number of likely N-dealkylation sites (tertiary alicyclic amines) is 1. The first-order valence-corrected chi connectivity index (χ1v) is 6.71. The van der Waals surface area contributed by atoms with Crippen LogP contribution in [0.2, 0.25) is 0 Å². The molecule has 0 radical (unpaired) electrons. The summed E-state index contributed by atoms with van der Waals surface area (Å²) in [5, 5.41) is 10.3. The molecule has 1 aliphatic rings. The summed E-state index contributed by atoms with van der Waals surface area (Å²) in [4.78, 5) is 2.52. The molecular formula is C14H29NO. The Bertz CT molecular complexity index is 207. The molecule has 0 spiro atoms. The minimum Gasteiger partial charge on any atom is -0.392 e. The summed E-state index contributed by atoms with van der Waals surface area (Å²) in [6.45, 7) is 14.4. The predicted octanol–water partition coefficient (Wildman–Crippen LogP) is 2.76. The highest BCUT2D eigenvalue weighted by molar-refractivity contribution is 4.85.